The molecule has 114 valence electrons. The molecular weight excluding hydrogens is 282 g/mol. The molecule has 6 nitrogen and oxygen atoms in total. The van der Waals surface area contributed by atoms with Crippen molar-refractivity contribution in [2.45, 2.75) is 37.5 Å². The van der Waals surface area contributed by atoms with Crippen molar-refractivity contribution in [2.75, 3.05) is 31.8 Å². The number of ether oxygens (including phenoxy) is 2. The van der Waals surface area contributed by atoms with E-state index in [1.165, 1.54) is 0 Å². The molecule has 1 N–H and O–H groups in total. The van der Waals surface area contributed by atoms with Gasteiger partial charge in [0.15, 0.2) is 6.10 Å². The lowest BCUT2D eigenvalue weighted by Crippen LogP contribution is -2.47. The Morgan fingerprint density at radius 1 is 1.35 bits per heavy atom. The third kappa shape index (κ3) is 3.65. The number of hydrogen-bond acceptors (Lipinski definition) is 5. The highest BCUT2D eigenvalue weighted by atomic mass is 32.2. The Morgan fingerprint density at radius 3 is 2.65 bits per heavy atom. The zero-order chi connectivity index (χ0) is 14.5. The molecular formula is C13H21NO5S. The molecule has 0 aromatic heterocycles. The zero-order valence-electron chi connectivity index (χ0n) is 11.6. The number of amides is 1. The topological polar surface area (TPSA) is 76.1 Å². The van der Waals surface area contributed by atoms with E-state index in [2.05, 4.69) is 0 Å². The second-order valence-electron chi connectivity index (χ2n) is 5.07. The molecule has 2 rings (SSSR count). The maximum absolute atomic E-state index is 12.5. The van der Waals surface area contributed by atoms with Gasteiger partial charge in [0.05, 0.1) is 6.61 Å². The van der Waals surface area contributed by atoms with Crippen molar-refractivity contribution in [1.82, 2.24) is 4.90 Å². The van der Waals surface area contributed by atoms with Crippen LogP contribution in [0, 0.1) is 0 Å². The minimum Gasteiger partial charge on any atom is -0.479 e. The molecule has 0 saturated carbocycles. The lowest BCUT2D eigenvalue weighted by atomic mass is 10.1. The highest BCUT2D eigenvalue weighted by molar-refractivity contribution is 7.99. The molecule has 20 heavy (non-hydrogen) atoms. The van der Waals surface area contributed by atoms with Crippen molar-refractivity contribution in [3.63, 3.8) is 0 Å². The number of hydrogen-bond donors (Lipinski definition) is 1. The summed E-state index contributed by atoms with van der Waals surface area (Å²) < 4.78 is 10.4. The van der Waals surface area contributed by atoms with Crippen molar-refractivity contribution in [2.24, 2.45) is 0 Å². The first kappa shape index (κ1) is 15.6. The minimum atomic E-state index is -0.986. The van der Waals surface area contributed by atoms with Crippen LogP contribution >= 0.6 is 11.8 Å². The van der Waals surface area contributed by atoms with Gasteiger partial charge in [-0.3, -0.25) is 4.79 Å². The van der Waals surface area contributed by atoms with Gasteiger partial charge in [0.1, 0.15) is 6.10 Å². The molecule has 0 bridgehead atoms. The fourth-order valence-corrected chi connectivity index (χ4v) is 3.84. The fourth-order valence-electron chi connectivity index (χ4n) is 2.62. The van der Waals surface area contributed by atoms with Crippen LogP contribution in [0.25, 0.3) is 0 Å². The van der Waals surface area contributed by atoms with E-state index < -0.39 is 18.2 Å². The third-order valence-corrected chi connectivity index (χ3v) is 4.88. The lowest BCUT2D eigenvalue weighted by Gasteiger charge is -2.30. The van der Waals surface area contributed by atoms with Gasteiger partial charge in [0.2, 0.25) is 0 Å². The van der Waals surface area contributed by atoms with Gasteiger partial charge in [-0.1, -0.05) is 0 Å². The van der Waals surface area contributed by atoms with Crippen LogP contribution in [-0.2, 0) is 19.1 Å². The average Bonchev–Trinajstić information content (AvgIpc) is 3.10. The Hall–Kier alpha value is -0.790. The Balaban J connectivity index is 1.97. The molecule has 0 spiro atoms. The van der Waals surface area contributed by atoms with Crippen molar-refractivity contribution in [3.8, 4) is 0 Å². The Labute approximate surface area is 122 Å². The number of carboxylic acid groups (broad SMARTS) is 1. The molecule has 3 atom stereocenters. The molecule has 2 aliphatic rings. The van der Waals surface area contributed by atoms with E-state index in [4.69, 9.17) is 14.6 Å². The van der Waals surface area contributed by atoms with E-state index >= 15 is 0 Å². The summed E-state index contributed by atoms with van der Waals surface area (Å²) in [7, 11) is 1.61. The smallest absolute Gasteiger partial charge is 0.332 e. The molecule has 0 aromatic carbocycles. The molecule has 0 aromatic rings. The molecule has 0 aliphatic carbocycles. The molecule has 7 heteroatoms. The number of nitrogens with zero attached hydrogens (tertiary/aromatic N) is 1. The van der Waals surface area contributed by atoms with Crippen LogP contribution in [0.15, 0.2) is 0 Å². The monoisotopic (exact) mass is 303 g/mol. The van der Waals surface area contributed by atoms with Crippen LogP contribution in [0.5, 0.6) is 0 Å². The predicted octanol–water partition coefficient (Wildman–Crippen LogP) is 0.599. The maximum Gasteiger partial charge on any atom is 0.332 e. The quantitative estimate of drug-likeness (QED) is 0.774. The molecule has 2 fully saturated rings. The van der Waals surface area contributed by atoms with Gasteiger partial charge in [0, 0.05) is 25.4 Å². The van der Waals surface area contributed by atoms with Crippen molar-refractivity contribution in [3.05, 3.63) is 0 Å². The number of carbonyl (C=O) groups is 2. The van der Waals surface area contributed by atoms with Crippen LogP contribution in [-0.4, -0.2) is 71.9 Å². The van der Waals surface area contributed by atoms with Crippen LogP contribution in [0.1, 0.15) is 19.3 Å². The number of carboxylic acids is 1. The van der Waals surface area contributed by atoms with Crippen LogP contribution in [0.4, 0.5) is 0 Å². The van der Waals surface area contributed by atoms with Gasteiger partial charge in [-0.05, 0) is 25.0 Å². The Morgan fingerprint density at radius 2 is 2.10 bits per heavy atom. The van der Waals surface area contributed by atoms with Crippen molar-refractivity contribution >= 4 is 23.6 Å². The zero-order valence-corrected chi connectivity index (χ0v) is 12.4. The van der Waals surface area contributed by atoms with E-state index in [-0.39, 0.29) is 11.9 Å². The summed E-state index contributed by atoms with van der Waals surface area (Å²) in [5, 5.41) is 8.93. The van der Waals surface area contributed by atoms with Gasteiger partial charge >= 0.3 is 5.97 Å². The van der Waals surface area contributed by atoms with Crippen LogP contribution in [0.3, 0.4) is 0 Å². The lowest BCUT2D eigenvalue weighted by molar-refractivity contribution is -0.155. The highest BCUT2D eigenvalue weighted by Crippen LogP contribution is 2.26. The number of methoxy groups -OCH3 is 1. The molecule has 2 heterocycles. The normalized spacial score (nSPS) is 29.6. The molecule has 0 radical (unpaired) electrons. The van der Waals surface area contributed by atoms with Gasteiger partial charge in [-0.25, -0.2) is 4.79 Å². The van der Waals surface area contributed by atoms with E-state index in [1.807, 2.05) is 16.7 Å². The molecule has 2 saturated heterocycles. The number of carbonyl (C=O) groups excluding carboxylic acids is 1. The average molecular weight is 303 g/mol. The van der Waals surface area contributed by atoms with E-state index in [0.29, 0.717) is 26.0 Å². The van der Waals surface area contributed by atoms with Crippen molar-refractivity contribution in [1.29, 1.82) is 0 Å². The summed E-state index contributed by atoms with van der Waals surface area (Å²) in [6, 6.07) is 0.218. The molecule has 1 amide bonds. The van der Waals surface area contributed by atoms with E-state index in [0.717, 1.165) is 17.9 Å². The van der Waals surface area contributed by atoms with Gasteiger partial charge in [-0.15, -0.1) is 0 Å². The fraction of sp³-hybridized carbons (Fsp3) is 0.846. The van der Waals surface area contributed by atoms with Gasteiger partial charge in [0.25, 0.3) is 5.91 Å². The van der Waals surface area contributed by atoms with E-state index in [1.54, 1.807) is 7.11 Å². The summed E-state index contributed by atoms with van der Waals surface area (Å²) in [4.78, 5) is 25.3. The van der Waals surface area contributed by atoms with Gasteiger partial charge < -0.3 is 19.5 Å². The van der Waals surface area contributed by atoms with Crippen molar-refractivity contribution < 1.29 is 24.2 Å². The molecule has 2 aliphatic heterocycles. The summed E-state index contributed by atoms with van der Waals surface area (Å²) in [5.41, 5.74) is 0. The SMILES string of the molecule is COCCN(C(=O)C1CCC(C(=O)O)O1)C1CCSC1. The third-order valence-electron chi connectivity index (χ3n) is 3.74. The van der Waals surface area contributed by atoms with E-state index in [9.17, 15) is 9.59 Å². The highest BCUT2D eigenvalue weighted by Gasteiger charge is 2.39. The first-order valence-electron chi connectivity index (χ1n) is 6.89. The molecule has 3 unspecified atom stereocenters. The summed E-state index contributed by atoms with van der Waals surface area (Å²) in [5.74, 6) is 0.924. The van der Waals surface area contributed by atoms with Crippen LogP contribution < -0.4 is 0 Å². The predicted molar refractivity (Wildman–Crippen MR) is 74.8 cm³/mol. The maximum atomic E-state index is 12.5. The first-order valence-corrected chi connectivity index (χ1v) is 8.04. The number of rotatable bonds is 6. The Kier molecular flexibility index (Phi) is 5.68. The summed E-state index contributed by atoms with van der Waals surface area (Å²) >= 11 is 1.84. The summed E-state index contributed by atoms with van der Waals surface area (Å²) in [6.45, 7) is 1.03. The van der Waals surface area contributed by atoms with Crippen LogP contribution in [0.2, 0.25) is 0 Å². The second-order valence-corrected chi connectivity index (χ2v) is 6.22. The Bertz CT molecular complexity index is 359. The van der Waals surface area contributed by atoms with Gasteiger partial charge in [-0.2, -0.15) is 11.8 Å². The first-order chi connectivity index (χ1) is 9.63. The largest absolute Gasteiger partial charge is 0.479 e. The second kappa shape index (κ2) is 7.28. The number of aliphatic carboxylic acids is 1. The summed E-state index contributed by atoms with van der Waals surface area (Å²) in [6.07, 6.45) is 0.419. The minimum absolute atomic E-state index is 0.0849. The standard InChI is InChI=1S/C13H21NO5S/c1-18-6-5-14(9-4-7-20-8-9)12(15)10-2-3-11(19-10)13(16)17/h9-11H,2-8H2,1H3,(H,16,17). The number of thioether (sulfide) groups is 1.